The number of ketones is 1. The molecule has 28 heavy (non-hydrogen) atoms. The lowest BCUT2D eigenvalue weighted by molar-refractivity contribution is -0.117. The van der Waals surface area contributed by atoms with Crippen LogP contribution in [0.15, 0.2) is 44.9 Å². The number of nitrogens with two attached hydrogens (primary N) is 1. The highest BCUT2D eigenvalue weighted by Gasteiger charge is 2.40. The molecule has 1 amide bonds. The van der Waals surface area contributed by atoms with Crippen LogP contribution in [0.1, 0.15) is 25.8 Å². The van der Waals surface area contributed by atoms with Gasteiger partial charge in [0.25, 0.3) is 0 Å². The third kappa shape index (κ3) is 3.79. The molecule has 0 saturated carbocycles. The predicted molar refractivity (Wildman–Crippen MR) is 118 cm³/mol. The highest BCUT2D eigenvalue weighted by Crippen LogP contribution is 2.47. The van der Waals surface area contributed by atoms with Crippen LogP contribution in [0.3, 0.4) is 0 Å². The van der Waals surface area contributed by atoms with E-state index in [4.69, 9.17) is 28.9 Å². The summed E-state index contributed by atoms with van der Waals surface area (Å²) in [7, 11) is 0. The number of hydrogen-bond acceptors (Lipinski definition) is 5. The van der Waals surface area contributed by atoms with E-state index in [1.807, 2.05) is 32.2 Å². The van der Waals surface area contributed by atoms with E-state index in [9.17, 15) is 9.59 Å². The molecule has 2 aliphatic rings. The molecule has 0 saturated heterocycles. The van der Waals surface area contributed by atoms with Gasteiger partial charge in [-0.05, 0) is 48.3 Å². The molecule has 8 heteroatoms. The summed E-state index contributed by atoms with van der Waals surface area (Å²) in [5, 5.41) is 3.00. The first-order valence-corrected chi connectivity index (χ1v) is 10.9. The number of fused-ring (bicyclic) bond motifs is 2. The minimum absolute atomic E-state index is 0.0508. The summed E-state index contributed by atoms with van der Waals surface area (Å²) < 4.78 is 0. The van der Waals surface area contributed by atoms with Crippen LogP contribution in [0.25, 0.3) is 0 Å². The van der Waals surface area contributed by atoms with Crippen molar-refractivity contribution in [1.29, 1.82) is 0 Å². The van der Waals surface area contributed by atoms with Gasteiger partial charge in [0.1, 0.15) is 0 Å². The average molecular weight is 438 g/mol. The van der Waals surface area contributed by atoms with Crippen LogP contribution >= 0.6 is 35.0 Å². The summed E-state index contributed by atoms with van der Waals surface area (Å²) in [4.78, 5) is 29.2. The molecule has 1 unspecified atom stereocenters. The van der Waals surface area contributed by atoms with E-state index in [-0.39, 0.29) is 16.0 Å². The van der Waals surface area contributed by atoms with Gasteiger partial charge < -0.3 is 11.1 Å². The number of thioether (sulfide) groups is 1. The fraction of sp³-hybridized carbons (Fsp3) is 0.350. The molecule has 1 aliphatic carbocycles. The van der Waals surface area contributed by atoms with Crippen molar-refractivity contribution in [3.63, 3.8) is 0 Å². The fourth-order valence-corrected chi connectivity index (χ4v) is 4.53. The first-order valence-electron chi connectivity index (χ1n) is 8.78. The van der Waals surface area contributed by atoms with Gasteiger partial charge in [0.15, 0.2) is 0 Å². The summed E-state index contributed by atoms with van der Waals surface area (Å²) in [6.07, 6.45) is 4.13. The Hall–Kier alpha value is -1.60. The highest BCUT2D eigenvalue weighted by molar-refractivity contribution is 7.98. The molecule has 1 aromatic rings. The number of rotatable bonds is 5. The van der Waals surface area contributed by atoms with Gasteiger partial charge in [-0.25, -0.2) is 4.99 Å². The molecule has 0 bridgehead atoms. The van der Waals surface area contributed by atoms with Crippen LogP contribution in [0.5, 0.6) is 0 Å². The largest absolute Gasteiger partial charge is 0.325 e. The third-order valence-electron chi connectivity index (χ3n) is 4.93. The van der Waals surface area contributed by atoms with Gasteiger partial charge in [-0.2, -0.15) is 11.8 Å². The quantitative estimate of drug-likeness (QED) is 0.673. The number of anilines is 1. The Bertz CT molecular complexity index is 951. The summed E-state index contributed by atoms with van der Waals surface area (Å²) in [6, 6.07) is 4.90. The van der Waals surface area contributed by atoms with E-state index < -0.39 is 17.2 Å². The zero-order valence-electron chi connectivity index (χ0n) is 15.8. The van der Waals surface area contributed by atoms with Gasteiger partial charge in [0.2, 0.25) is 11.7 Å². The number of benzene rings is 1. The van der Waals surface area contributed by atoms with Crippen molar-refractivity contribution in [2.75, 3.05) is 17.3 Å². The zero-order valence-corrected chi connectivity index (χ0v) is 18.1. The Morgan fingerprint density at radius 2 is 2.07 bits per heavy atom. The summed E-state index contributed by atoms with van der Waals surface area (Å²) >= 11 is 14.0. The van der Waals surface area contributed by atoms with Crippen molar-refractivity contribution < 1.29 is 9.59 Å². The van der Waals surface area contributed by atoms with Gasteiger partial charge in [0, 0.05) is 16.7 Å². The minimum Gasteiger partial charge on any atom is -0.325 e. The molecule has 148 valence electrons. The number of halogens is 2. The second kappa shape index (κ2) is 8.03. The van der Waals surface area contributed by atoms with E-state index in [1.54, 1.807) is 23.9 Å². The molecular weight excluding hydrogens is 417 g/mol. The number of carbonyl (C=O) groups is 2. The Balaban J connectivity index is 1.97. The number of carbonyl (C=O) groups excluding carboxylic acids is 2. The number of aliphatic imine (C=N–C) groups is 1. The summed E-state index contributed by atoms with van der Waals surface area (Å²) in [6.45, 7) is 3.93. The van der Waals surface area contributed by atoms with Gasteiger partial charge >= 0.3 is 0 Å². The summed E-state index contributed by atoms with van der Waals surface area (Å²) in [5.41, 5.74) is 8.81. The molecule has 0 radical (unpaired) electrons. The predicted octanol–water partition coefficient (Wildman–Crippen LogP) is 4.27. The first-order chi connectivity index (χ1) is 13.2. The lowest BCUT2D eigenvalue weighted by atomic mass is 9.71. The number of Topliss-reactive ketones (excluding diaryl/α,β-unsaturated/α-hetero) is 1. The van der Waals surface area contributed by atoms with Crippen LogP contribution in [0, 0.1) is 0 Å². The second-order valence-electron chi connectivity index (χ2n) is 7.24. The molecule has 5 nitrogen and oxygen atoms in total. The lowest BCUT2D eigenvalue weighted by Gasteiger charge is -2.36. The van der Waals surface area contributed by atoms with Crippen LogP contribution in [-0.4, -0.2) is 35.5 Å². The van der Waals surface area contributed by atoms with Crippen molar-refractivity contribution in [3.05, 3.63) is 45.5 Å². The molecule has 1 heterocycles. The van der Waals surface area contributed by atoms with E-state index in [1.165, 1.54) is 0 Å². The van der Waals surface area contributed by atoms with Crippen LogP contribution in [0.4, 0.5) is 11.4 Å². The number of nitrogens with one attached hydrogen (secondary N) is 1. The first kappa shape index (κ1) is 21.1. The van der Waals surface area contributed by atoms with Crippen molar-refractivity contribution in [2.45, 2.75) is 31.7 Å². The SMILES string of the molecule is CSCCC(N)C(=O)Nc1ccc2c(c1)C(C)(C)C1=C(Cl)C(=O)C(Cl)=CC1=N2. The zero-order chi connectivity index (χ0) is 20.6. The van der Waals surface area contributed by atoms with E-state index >= 15 is 0 Å². The maximum absolute atomic E-state index is 12.3. The average Bonchev–Trinajstić information content (AvgIpc) is 2.64. The molecule has 1 aliphatic heterocycles. The molecule has 0 spiro atoms. The van der Waals surface area contributed by atoms with Crippen LogP contribution in [0.2, 0.25) is 0 Å². The lowest BCUT2D eigenvalue weighted by Crippen LogP contribution is -2.36. The van der Waals surface area contributed by atoms with E-state index in [0.29, 0.717) is 23.4 Å². The summed E-state index contributed by atoms with van der Waals surface area (Å²) in [5.74, 6) is 0.185. The maximum atomic E-state index is 12.3. The van der Waals surface area contributed by atoms with Gasteiger partial charge in [-0.3, -0.25) is 9.59 Å². The Kier molecular flexibility index (Phi) is 6.05. The number of hydrogen-bond donors (Lipinski definition) is 2. The maximum Gasteiger partial charge on any atom is 0.241 e. The van der Waals surface area contributed by atoms with E-state index in [0.717, 1.165) is 17.0 Å². The molecule has 1 aromatic carbocycles. The Labute approximate surface area is 178 Å². The van der Waals surface area contributed by atoms with Gasteiger partial charge in [-0.15, -0.1) is 0 Å². The normalized spacial score (nSPS) is 18.7. The van der Waals surface area contributed by atoms with Crippen LogP contribution < -0.4 is 11.1 Å². The third-order valence-corrected chi connectivity index (χ3v) is 6.21. The standard InChI is InChI=1S/C20H21Cl2N3O2S/c1-20(2)11-8-10(24-19(27)13(23)6-7-28-3)4-5-14(11)25-15-9-12(21)18(26)17(22)16(15)20/h4-5,8-9,13H,6-7,23H2,1-3H3,(H,24,27). The number of allylic oxidation sites excluding steroid dienone is 4. The van der Waals surface area contributed by atoms with Crippen molar-refractivity contribution in [2.24, 2.45) is 10.7 Å². The Morgan fingerprint density at radius 3 is 2.75 bits per heavy atom. The van der Waals surface area contributed by atoms with Crippen LogP contribution in [-0.2, 0) is 15.0 Å². The molecule has 0 aromatic heterocycles. The molecular formula is C20H21Cl2N3O2S. The van der Waals surface area contributed by atoms with Crippen molar-refractivity contribution >= 4 is 63.7 Å². The van der Waals surface area contributed by atoms with Crippen molar-refractivity contribution in [1.82, 2.24) is 0 Å². The molecule has 3 N–H and O–H groups in total. The van der Waals surface area contributed by atoms with E-state index in [2.05, 4.69) is 10.3 Å². The monoisotopic (exact) mass is 437 g/mol. The fourth-order valence-electron chi connectivity index (χ4n) is 3.36. The minimum atomic E-state index is -0.588. The molecule has 3 rings (SSSR count). The Morgan fingerprint density at radius 1 is 1.36 bits per heavy atom. The smallest absolute Gasteiger partial charge is 0.241 e. The molecule has 0 fully saturated rings. The second-order valence-corrected chi connectivity index (χ2v) is 9.01. The van der Waals surface area contributed by atoms with Crippen molar-refractivity contribution in [3.8, 4) is 0 Å². The molecule has 1 atom stereocenters. The number of amides is 1. The van der Waals surface area contributed by atoms with Gasteiger partial charge in [0.05, 0.1) is 27.5 Å². The number of nitrogens with zero attached hydrogens (tertiary/aromatic N) is 1. The highest BCUT2D eigenvalue weighted by atomic mass is 35.5. The topological polar surface area (TPSA) is 84.5 Å². The van der Waals surface area contributed by atoms with Gasteiger partial charge in [-0.1, -0.05) is 37.0 Å².